The van der Waals surface area contributed by atoms with Crippen LogP contribution in [0.25, 0.3) is 16.4 Å². The number of hydrogen-bond donors (Lipinski definition) is 1. The van der Waals surface area contributed by atoms with E-state index >= 15 is 0 Å². The summed E-state index contributed by atoms with van der Waals surface area (Å²) in [6, 6.07) is 17.5. The number of H-pyrrole nitrogens is 1. The van der Waals surface area contributed by atoms with Crippen molar-refractivity contribution in [1.29, 1.82) is 0 Å². The van der Waals surface area contributed by atoms with E-state index in [0.717, 1.165) is 22.0 Å². The molecule has 0 saturated heterocycles. The zero-order chi connectivity index (χ0) is 14.9. The fourth-order valence-corrected chi connectivity index (χ4v) is 2.45. The lowest BCUT2D eigenvalue weighted by Gasteiger charge is -1.95. The molecule has 0 fully saturated rings. The van der Waals surface area contributed by atoms with Gasteiger partial charge in [-0.2, -0.15) is 5.10 Å². The number of nitrogens with one attached hydrogen (secondary N) is 1. The predicted molar refractivity (Wildman–Crippen MR) is 85.7 cm³/mol. The van der Waals surface area contributed by atoms with E-state index in [2.05, 4.69) is 21.9 Å². The van der Waals surface area contributed by atoms with Gasteiger partial charge in [0, 0.05) is 16.5 Å². The molecule has 2 aromatic heterocycles. The van der Waals surface area contributed by atoms with Crippen LogP contribution in [0.3, 0.4) is 0 Å². The highest BCUT2D eigenvalue weighted by Gasteiger charge is 2.06. The lowest BCUT2D eigenvalue weighted by atomic mass is 10.1. The van der Waals surface area contributed by atoms with Crippen LogP contribution in [0.15, 0.2) is 65.7 Å². The van der Waals surface area contributed by atoms with E-state index in [1.165, 1.54) is 6.33 Å². The van der Waals surface area contributed by atoms with Crippen LogP contribution < -0.4 is 5.56 Å². The van der Waals surface area contributed by atoms with Gasteiger partial charge in [0.25, 0.3) is 5.56 Å². The van der Waals surface area contributed by atoms with E-state index in [0.29, 0.717) is 5.52 Å². The molecular weight excluding hydrogens is 274 g/mol. The molecule has 0 saturated carbocycles. The van der Waals surface area contributed by atoms with Gasteiger partial charge in [0.15, 0.2) is 0 Å². The largest absolute Gasteiger partial charge is 0.310 e. The summed E-state index contributed by atoms with van der Waals surface area (Å²) >= 11 is 0. The summed E-state index contributed by atoms with van der Waals surface area (Å²) in [6.45, 7) is 0. The Morgan fingerprint density at radius 3 is 2.59 bits per heavy atom. The van der Waals surface area contributed by atoms with Crippen molar-refractivity contribution < 1.29 is 0 Å². The molecule has 1 N–H and O–H groups in total. The van der Waals surface area contributed by atoms with Gasteiger partial charge in [0.2, 0.25) is 0 Å². The van der Waals surface area contributed by atoms with Gasteiger partial charge in [-0.05, 0) is 36.4 Å². The Morgan fingerprint density at radius 1 is 0.909 bits per heavy atom. The van der Waals surface area contributed by atoms with Gasteiger partial charge in [0.05, 0.1) is 5.52 Å². The Kier molecular flexibility index (Phi) is 2.77. The zero-order valence-corrected chi connectivity index (χ0v) is 11.6. The summed E-state index contributed by atoms with van der Waals surface area (Å²) in [5.41, 5.74) is 3.16. The first-order chi connectivity index (χ1) is 10.8. The average molecular weight is 285 g/mol. The first-order valence-electron chi connectivity index (χ1n) is 6.87. The molecule has 104 valence electrons. The second-order valence-electron chi connectivity index (χ2n) is 4.95. The fourth-order valence-electron chi connectivity index (χ4n) is 2.45. The number of rotatable bonds is 0. The van der Waals surface area contributed by atoms with Crippen molar-refractivity contribution in [3.05, 3.63) is 82.4 Å². The summed E-state index contributed by atoms with van der Waals surface area (Å²) in [5.74, 6) is 6.28. The lowest BCUT2D eigenvalue weighted by molar-refractivity contribution is 0.914. The van der Waals surface area contributed by atoms with Crippen molar-refractivity contribution in [2.24, 2.45) is 0 Å². The average Bonchev–Trinajstić information content (AvgIpc) is 2.93. The quantitative estimate of drug-likeness (QED) is 0.505. The summed E-state index contributed by atoms with van der Waals surface area (Å²) in [7, 11) is 0. The molecule has 4 rings (SSSR count). The van der Waals surface area contributed by atoms with Crippen LogP contribution >= 0.6 is 0 Å². The highest BCUT2D eigenvalue weighted by atomic mass is 16.1. The van der Waals surface area contributed by atoms with Crippen LogP contribution in [0.2, 0.25) is 0 Å². The molecule has 2 heterocycles. The van der Waals surface area contributed by atoms with E-state index in [4.69, 9.17) is 0 Å². The molecule has 0 spiro atoms. The number of hydrogen-bond acceptors (Lipinski definition) is 2. The lowest BCUT2D eigenvalue weighted by Crippen LogP contribution is -2.09. The molecule has 4 nitrogen and oxygen atoms in total. The third-order valence-corrected chi connectivity index (χ3v) is 3.50. The van der Waals surface area contributed by atoms with Crippen molar-refractivity contribution in [2.75, 3.05) is 0 Å². The molecule has 0 atom stereocenters. The number of aromatic amines is 1. The van der Waals surface area contributed by atoms with Gasteiger partial charge < -0.3 is 4.98 Å². The molecule has 0 bridgehead atoms. The van der Waals surface area contributed by atoms with Gasteiger partial charge in [-0.15, -0.1) is 0 Å². The third kappa shape index (κ3) is 2.05. The normalized spacial score (nSPS) is 10.5. The van der Waals surface area contributed by atoms with Crippen LogP contribution in [0.4, 0.5) is 0 Å². The minimum Gasteiger partial charge on any atom is -0.310 e. The molecule has 0 aliphatic rings. The predicted octanol–water partition coefficient (Wildman–Crippen LogP) is 2.58. The molecular formula is C18H11N3O. The SMILES string of the molecule is O=c1[nH]cnn2c1cc1cc(C#Cc3ccccc3)ccc12. The minimum absolute atomic E-state index is 0.150. The number of aromatic nitrogens is 3. The Hall–Kier alpha value is -3.32. The Labute approximate surface area is 126 Å². The molecule has 0 aliphatic carbocycles. The molecule has 2 aromatic carbocycles. The first-order valence-corrected chi connectivity index (χ1v) is 6.87. The second-order valence-corrected chi connectivity index (χ2v) is 4.95. The summed E-state index contributed by atoms with van der Waals surface area (Å²) in [6.07, 6.45) is 1.40. The van der Waals surface area contributed by atoms with Crippen molar-refractivity contribution in [1.82, 2.24) is 14.6 Å². The van der Waals surface area contributed by atoms with Crippen LogP contribution in [-0.2, 0) is 0 Å². The maximum atomic E-state index is 11.8. The highest BCUT2D eigenvalue weighted by molar-refractivity contribution is 5.87. The topological polar surface area (TPSA) is 50.2 Å². The smallest absolute Gasteiger partial charge is 0.275 e. The Bertz CT molecular complexity index is 1100. The molecule has 0 unspecified atom stereocenters. The maximum absolute atomic E-state index is 11.8. The van der Waals surface area contributed by atoms with Gasteiger partial charge in [0.1, 0.15) is 11.8 Å². The molecule has 4 heteroatoms. The number of benzene rings is 2. The summed E-state index contributed by atoms with van der Waals surface area (Å²) in [4.78, 5) is 14.4. The van der Waals surface area contributed by atoms with Gasteiger partial charge >= 0.3 is 0 Å². The van der Waals surface area contributed by atoms with E-state index in [-0.39, 0.29) is 5.56 Å². The van der Waals surface area contributed by atoms with Crippen LogP contribution in [-0.4, -0.2) is 14.6 Å². The minimum atomic E-state index is -0.150. The molecule has 4 aromatic rings. The Balaban J connectivity index is 1.85. The third-order valence-electron chi connectivity index (χ3n) is 3.50. The van der Waals surface area contributed by atoms with E-state index in [1.807, 2.05) is 54.6 Å². The molecule has 22 heavy (non-hydrogen) atoms. The van der Waals surface area contributed by atoms with Crippen molar-refractivity contribution in [2.45, 2.75) is 0 Å². The van der Waals surface area contributed by atoms with Crippen LogP contribution in [0.5, 0.6) is 0 Å². The van der Waals surface area contributed by atoms with E-state index < -0.39 is 0 Å². The van der Waals surface area contributed by atoms with Crippen molar-refractivity contribution >= 4 is 16.4 Å². The van der Waals surface area contributed by atoms with Gasteiger partial charge in [-0.25, -0.2) is 4.52 Å². The molecule has 0 amide bonds. The summed E-state index contributed by atoms with van der Waals surface area (Å²) < 4.78 is 1.64. The van der Waals surface area contributed by atoms with Gasteiger partial charge in [-0.1, -0.05) is 30.0 Å². The zero-order valence-electron chi connectivity index (χ0n) is 11.6. The fraction of sp³-hybridized carbons (Fsp3) is 0. The number of fused-ring (bicyclic) bond motifs is 3. The second kappa shape index (κ2) is 4.90. The van der Waals surface area contributed by atoms with Crippen LogP contribution in [0, 0.1) is 11.8 Å². The Morgan fingerprint density at radius 2 is 1.73 bits per heavy atom. The number of nitrogens with zero attached hydrogens (tertiary/aromatic N) is 2. The first kappa shape index (κ1) is 12.4. The van der Waals surface area contributed by atoms with Crippen LogP contribution in [0.1, 0.15) is 11.1 Å². The maximum Gasteiger partial charge on any atom is 0.275 e. The van der Waals surface area contributed by atoms with E-state index in [9.17, 15) is 4.79 Å². The standard InChI is InChI=1S/C18H11N3O/c22-18-17-11-15-10-14(7-6-13-4-2-1-3-5-13)8-9-16(15)21(17)20-12-19-18/h1-5,8-12H,(H,19,20,22). The van der Waals surface area contributed by atoms with Gasteiger partial charge in [-0.3, -0.25) is 4.79 Å². The summed E-state index contributed by atoms with van der Waals surface area (Å²) in [5, 5.41) is 5.13. The van der Waals surface area contributed by atoms with Crippen molar-refractivity contribution in [3.63, 3.8) is 0 Å². The highest BCUT2D eigenvalue weighted by Crippen LogP contribution is 2.18. The molecule has 0 radical (unpaired) electrons. The monoisotopic (exact) mass is 285 g/mol. The van der Waals surface area contributed by atoms with Crippen molar-refractivity contribution in [3.8, 4) is 11.8 Å². The van der Waals surface area contributed by atoms with E-state index in [1.54, 1.807) is 4.52 Å². The molecule has 0 aliphatic heterocycles.